The van der Waals surface area contributed by atoms with Gasteiger partial charge in [-0.05, 0) is 137 Å². The molecule has 340 valence electrons. The molecule has 2 unspecified atom stereocenters. The van der Waals surface area contributed by atoms with Crippen LogP contribution in [0.25, 0.3) is 0 Å². The lowest BCUT2D eigenvalue weighted by Gasteiger charge is -2.42. The second-order valence-electron chi connectivity index (χ2n) is 18.2. The number of aromatic nitrogens is 2. The van der Waals surface area contributed by atoms with Gasteiger partial charge in [0.1, 0.15) is 11.4 Å². The molecule has 13 heteroatoms. The first-order valence-electron chi connectivity index (χ1n) is 23.5. The monoisotopic (exact) mass is 956 g/mol. The molecule has 0 N–H and O–H groups in total. The number of carbonyl (C=O) groups excluding carboxylic acids is 3. The number of Topliss-reactive ketones (excluding diaryl/α,β-unsaturated/α-hetero) is 1. The molecule has 2 saturated heterocycles. The molecular formula is C53H54Cl2N6O3S2. The third kappa shape index (κ3) is 9.53. The van der Waals surface area contributed by atoms with Crippen molar-refractivity contribution in [1.82, 2.24) is 19.8 Å². The normalized spacial score (nSPS) is 18.4. The molecule has 0 saturated carbocycles. The van der Waals surface area contributed by atoms with E-state index >= 15 is 4.79 Å². The number of piperidine rings is 2. The summed E-state index contributed by atoms with van der Waals surface area (Å²) in [5.74, 6) is 0.513. The summed E-state index contributed by atoms with van der Waals surface area (Å²) in [5, 5.41) is 7.16. The molecule has 2 amide bonds. The van der Waals surface area contributed by atoms with E-state index in [9.17, 15) is 9.59 Å². The average molecular weight is 958 g/mol. The average Bonchev–Trinajstić information content (AvgIpc) is 4.07. The van der Waals surface area contributed by atoms with Crippen LogP contribution in [0.3, 0.4) is 0 Å². The number of amides is 2. The van der Waals surface area contributed by atoms with Crippen molar-refractivity contribution in [1.29, 1.82) is 0 Å². The van der Waals surface area contributed by atoms with E-state index in [-0.39, 0.29) is 29.4 Å². The fourth-order valence-electron chi connectivity index (χ4n) is 10.6. The fourth-order valence-corrected chi connectivity index (χ4v) is 13.0. The van der Waals surface area contributed by atoms with E-state index in [2.05, 4.69) is 21.9 Å². The predicted molar refractivity (Wildman–Crippen MR) is 267 cm³/mol. The van der Waals surface area contributed by atoms with E-state index in [0.717, 1.165) is 110 Å². The van der Waals surface area contributed by atoms with Crippen molar-refractivity contribution in [2.24, 2.45) is 0 Å². The van der Waals surface area contributed by atoms with Gasteiger partial charge in [0.15, 0.2) is 5.78 Å². The quantitative estimate of drug-likeness (QED) is 0.121. The molecule has 0 radical (unpaired) electrons. The van der Waals surface area contributed by atoms with Crippen LogP contribution in [-0.4, -0.2) is 88.7 Å². The lowest BCUT2D eigenvalue weighted by atomic mass is 9.87. The van der Waals surface area contributed by atoms with Crippen LogP contribution in [0, 0.1) is 0 Å². The van der Waals surface area contributed by atoms with E-state index in [0.29, 0.717) is 47.4 Å². The molecule has 4 aromatic carbocycles. The number of carbonyl (C=O) groups is 3. The topological polar surface area (TPSA) is 90.0 Å². The molecule has 2 fully saturated rings. The van der Waals surface area contributed by atoms with Crippen molar-refractivity contribution in [2.75, 3.05) is 49.1 Å². The van der Waals surface area contributed by atoms with Crippen LogP contribution in [-0.2, 0) is 30.5 Å². The third-order valence-electron chi connectivity index (χ3n) is 14.2. The maximum Gasteiger partial charge on any atom is 0.277 e. The number of aryl methyl sites for hydroxylation is 2. The summed E-state index contributed by atoms with van der Waals surface area (Å²) in [6, 6.07) is 31.3. The maximum atomic E-state index is 15.5. The van der Waals surface area contributed by atoms with E-state index in [1.54, 1.807) is 22.7 Å². The smallest absolute Gasteiger partial charge is 0.277 e. The Balaban J connectivity index is 0.853. The highest BCUT2D eigenvalue weighted by Crippen LogP contribution is 2.37. The molecular weight excluding hydrogens is 904 g/mol. The Labute approximate surface area is 405 Å². The van der Waals surface area contributed by atoms with Crippen LogP contribution < -0.4 is 9.80 Å². The van der Waals surface area contributed by atoms with Gasteiger partial charge < -0.3 is 9.80 Å². The number of ketones is 1. The molecule has 0 bridgehead atoms. The standard InChI is InChI=1S/C53H54Cl2N6O3S2/c54-41-17-5-1-13-39(41)31-47(58-27-21-37(22-28-58)50-56-43(33-65-50)52(63)60-25-9-15-35-11-3-7-19-45(35)60)49(62)48(32-40-14-2-6-18-42(40)55)59-29-23-38(24-30-59)51-57-44(34-66-51)53(64)61-26-10-16-36-12-4-8-20-46(36)61/h1-8,11-14,17-20,33-34,37-38,47-48H,9-10,15-16,21-32H2. The zero-order chi connectivity index (χ0) is 45.1. The summed E-state index contributed by atoms with van der Waals surface area (Å²) in [4.78, 5) is 61.6. The number of anilines is 2. The van der Waals surface area contributed by atoms with Gasteiger partial charge in [0.05, 0.1) is 22.1 Å². The number of fused-ring (bicyclic) bond motifs is 2. The number of benzene rings is 4. The van der Waals surface area contributed by atoms with Crippen molar-refractivity contribution in [3.8, 4) is 0 Å². The Hall–Kier alpha value is -4.75. The number of halogens is 2. The summed E-state index contributed by atoms with van der Waals surface area (Å²) in [7, 11) is 0. The number of hydrogen-bond donors (Lipinski definition) is 0. The zero-order valence-corrected chi connectivity index (χ0v) is 40.1. The second-order valence-corrected chi connectivity index (χ2v) is 20.8. The van der Waals surface area contributed by atoms with Crippen LogP contribution in [0.2, 0.25) is 10.0 Å². The lowest BCUT2D eigenvalue weighted by molar-refractivity contribution is -0.130. The maximum absolute atomic E-state index is 15.5. The van der Waals surface area contributed by atoms with Gasteiger partial charge in [-0.3, -0.25) is 24.2 Å². The third-order valence-corrected chi connectivity index (χ3v) is 17.0. The fraction of sp³-hybridized carbons (Fsp3) is 0.377. The summed E-state index contributed by atoms with van der Waals surface area (Å²) < 4.78 is 0. The summed E-state index contributed by atoms with van der Waals surface area (Å²) in [6.45, 7) is 4.29. The number of thiazole rings is 2. The van der Waals surface area contributed by atoms with Crippen molar-refractivity contribution in [3.05, 3.63) is 162 Å². The molecule has 6 aromatic rings. The van der Waals surface area contributed by atoms with Gasteiger partial charge in [-0.2, -0.15) is 0 Å². The first-order chi connectivity index (χ1) is 32.3. The number of likely N-dealkylation sites (tertiary alicyclic amines) is 2. The van der Waals surface area contributed by atoms with E-state index in [4.69, 9.17) is 33.2 Å². The first kappa shape index (κ1) is 45.1. The SMILES string of the molecule is O=C(C(Cc1ccccc1Cl)N1CCC(c2nc(C(=O)N3CCCc4ccccc43)cs2)CC1)C(Cc1ccccc1Cl)N1CCC(c2nc(C(=O)N3CCCc4ccccc43)cs2)CC1. The number of hydrogen-bond acceptors (Lipinski definition) is 9. The Morgan fingerprint density at radius 1 is 0.545 bits per heavy atom. The molecule has 4 aliphatic rings. The highest BCUT2D eigenvalue weighted by atomic mass is 35.5. The predicted octanol–water partition coefficient (Wildman–Crippen LogP) is 10.9. The van der Waals surface area contributed by atoms with E-state index in [1.807, 2.05) is 105 Å². The summed E-state index contributed by atoms with van der Waals surface area (Å²) in [5.41, 5.74) is 7.34. The minimum Gasteiger partial charge on any atom is -0.307 e. The summed E-state index contributed by atoms with van der Waals surface area (Å²) >= 11 is 16.8. The van der Waals surface area contributed by atoms with Gasteiger partial charge >= 0.3 is 0 Å². The van der Waals surface area contributed by atoms with Crippen molar-refractivity contribution < 1.29 is 14.4 Å². The van der Waals surface area contributed by atoms with Gasteiger partial charge in [0.25, 0.3) is 11.8 Å². The highest BCUT2D eigenvalue weighted by molar-refractivity contribution is 7.10. The Kier molecular flexibility index (Phi) is 13.8. The van der Waals surface area contributed by atoms with Gasteiger partial charge in [0.2, 0.25) is 0 Å². The highest BCUT2D eigenvalue weighted by Gasteiger charge is 2.40. The lowest BCUT2D eigenvalue weighted by Crippen LogP contribution is -2.55. The first-order valence-corrected chi connectivity index (χ1v) is 26.0. The van der Waals surface area contributed by atoms with Gasteiger partial charge in [-0.25, -0.2) is 9.97 Å². The van der Waals surface area contributed by atoms with Gasteiger partial charge in [-0.1, -0.05) is 96.0 Å². The summed E-state index contributed by atoms with van der Waals surface area (Å²) in [6.07, 6.45) is 8.19. The minimum atomic E-state index is -0.406. The van der Waals surface area contributed by atoms with Crippen LogP contribution >= 0.6 is 45.9 Å². The molecule has 0 aliphatic carbocycles. The number of para-hydroxylation sites is 2. The van der Waals surface area contributed by atoms with Crippen molar-refractivity contribution in [2.45, 2.75) is 88.1 Å². The molecule has 2 aromatic heterocycles. The zero-order valence-electron chi connectivity index (χ0n) is 37.0. The van der Waals surface area contributed by atoms with Gasteiger partial charge in [0, 0.05) is 57.1 Å². The number of rotatable bonds is 12. The van der Waals surface area contributed by atoms with Crippen molar-refractivity contribution in [3.63, 3.8) is 0 Å². The van der Waals surface area contributed by atoms with Crippen molar-refractivity contribution >= 4 is 74.8 Å². The van der Waals surface area contributed by atoms with Crippen LogP contribution in [0.15, 0.2) is 108 Å². The second kappa shape index (κ2) is 20.2. The minimum absolute atomic E-state index is 0.0352. The van der Waals surface area contributed by atoms with Crippen LogP contribution in [0.5, 0.6) is 0 Å². The largest absolute Gasteiger partial charge is 0.307 e. The molecule has 6 heterocycles. The molecule has 4 aliphatic heterocycles. The number of nitrogens with zero attached hydrogens (tertiary/aromatic N) is 6. The Morgan fingerprint density at radius 3 is 1.36 bits per heavy atom. The molecule has 0 spiro atoms. The molecule has 9 nitrogen and oxygen atoms in total. The van der Waals surface area contributed by atoms with Crippen LogP contribution in [0.4, 0.5) is 11.4 Å². The Bertz CT molecular complexity index is 2520. The van der Waals surface area contributed by atoms with E-state index in [1.165, 1.54) is 11.1 Å². The molecule has 10 rings (SSSR count). The van der Waals surface area contributed by atoms with Crippen LogP contribution in [0.1, 0.15) is 104 Å². The molecule has 66 heavy (non-hydrogen) atoms. The molecule has 2 atom stereocenters. The Morgan fingerprint density at radius 2 is 0.939 bits per heavy atom. The van der Waals surface area contributed by atoms with Gasteiger partial charge in [-0.15, -0.1) is 22.7 Å². The van der Waals surface area contributed by atoms with E-state index < -0.39 is 12.1 Å².